The van der Waals surface area contributed by atoms with Gasteiger partial charge in [0.05, 0.1) is 11.6 Å². The van der Waals surface area contributed by atoms with Crippen molar-refractivity contribution in [2.24, 2.45) is 0 Å². The average Bonchev–Trinajstić information content (AvgIpc) is 2.28. The van der Waals surface area contributed by atoms with E-state index in [4.69, 9.17) is 16.9 Å². The zero-order valence-electron chi connectivity index (χ0n) is 8.24. The summed E-state index contributed by atoms with van der Waals surface area (Å²) >= 11 is 5.84. The number of nitriles is 1. The Kier molecular flexibility index (Phi) is 2.89. The highest BCUT2D eigenvalue weighted by atomic mass is 35.5. The van der Waals surface area contributed by atoms with Crippen molar-refractivity contribution in [2.45, 2.75) is 0 Å². The van der Waals surface area contributed by atoms with Gasteiger partial charge in [0.25, 0.3) is 0 Å². The summed E-state index contributed by atoms with van der Waals surface area (Å²) in [7, 11) is 0. The van der Waals surface area contributed by atoms with Crippen molar-refractivity contribution in [3.8, 4) is 17.2 Å². The molecule has 2 aromatic carbocycles. The molecule has 0 N–H and O–H groups in total. The molecule has 1 nitrogen and oxygen atoms in total. The molecule has 0 fully saturated rings. The first-order valence-electron chi connectivity index (χ1n) is 4.67. The number of halogens is 2. The number of rotatable bonds is 1. The smallest absolute Gasteiger partial charge is 0.132 e. The highest BCUT2D eigenvalue weighted by Gasteiger charge is 2.10. The topological polar surface area (TPSA) is 23.8 Å². The van der Waals surface area contributed by atoms with Gasteiger partial charge in [-0.15, -0.1) is 0 Å². The Balaban J connectivity index is 2.69. The van der Waals surface area contributed by atoms with Crippen LogP contribution in [0.2, 0.25) is 5.02 Å². The second-order valence-corrected chi connectivity index (χ2v) is 3.72. The summed E-state index contributed by atoms with van der Waals surface area (Å²) in [4.78, 5) is 0. The van der Waals surface area contributed by atoms with Gasteiger partial charge in [-0.3, -0.25) is 0 Å². The molecular weight excluding hydrogens is 225 g/mol. The third kappa shape index (κ3) is 1.91. The molecule has 0 bridgehead atoms. The van der Waals surface area contributed by atoms with Crippen LogP contribution in [0.3, 0.4) is 0 Å². The molecular formula is C13H7ClFN. The van der Waals surface area contributed by atoms with Crippen molar-refractivity contribution in [3.05, 3.63) is 58.9 Å². The first-order valence-corrected chi connectivity index (χ1v) is 5.04. The zero-order valence-corrected chi connectivity index (χ0v) is 9.00. The van der Waals surface area contributed by atoms with Gasteiger partial charge < -0.3 is 0 Å². The van der Waals surface area contributed by atoms with E-state index in [9.17, 15) is 4.39 Å². The van der Waals surface area contributed by atoms with Crippen molar-refractivity contribution >= 4 is 11.6 Å². The van der Waals surface area contributed by atoms with Crippen molar-refractivity contribution in [1.82, 2.24) is 0 Å². The summed E-state index contributed by atoms with van der Waals surface area (Å²) in [6.07, 6.45) is 0. The maximum Gasteiger partial charge on any atom is 0.132 e. The van der Waals surface area contributed by atoms with Crippen LogP contribution in [0.1, 0.15) is 5.56 Å². The van der Waals surface area contributed by atoms with Crippen LogP contribution in [0.4, 0.5) is 4.39 Å². The molecule has 0 amide bonds. The second-order valence-electron chi connectivity index (χ2n) is 3.28. The van der Waals surface area contributed by atoms with Gasteiger partial charge in [-0.05, 0) is 29.8 Å². The number of nitrogens with zero attached hydrogens (tertiary/aromatic N) is 1. The molecule has 0 atom stereocenters. The predicted octanol–water partition coefficient (Wildman–Crippen LogP) is 4.02. The fraction of sp³-hybridized carbons (Fsp3) is 0. The summed E-state index contributed by atoms with van der Waals surface area (Å²) in [5, 5.41) is 9.44. The van der Waals surface area contributed by atoms with Gasteiger partial charge in [-0.1, -0.05) is 29.8 Å². The van der Waals surface area contributed by atoms with E-state index in [-0.39, 0.29) is 0 Å². The van der Waals surface area contributed by atoms with Crippen LogP contribution in [-0.2, 0) is 0 Å². The third-order valence-electron chi connectivity index (χ3n) is 2.25. The lowest BCUT2D eigenvalue weighted by Gasteiger charge is -2.05. The molecule has 0 aliphatic rings. The average molecular weight is 232 g/mol. The molecule has 2 rings (SSSR count). The third-order valence-corrected chi connectivity index (χ3v) is 2.48. The molecule has 0 spiro atoms. The van der Waals surface area contributed by atoms with Crippen LogP contribution in [0.25, 0.3) is 11.1 Å². The lowest BCUT2D eigenvalue weighted by molar-refractivity contribution is 0.631. The molecule has 0 aliphatic heterocycles. The number of hydrogen-bond acceptors (Lipinski definition) is 1. The molecule has 78 valence electrons. The van der Waals surface area contributed by atoms with Crippen LogP contribution < -0.4 is 0 Å². The molecule has 16 heavy (non-hydrogen) atoms. The standard InChI is InChI=1S/C13H7ClFN/c14-11-5-1-3-9(7-11)13-10(8-16)4-2-6-12(13)15/h1-7H. The lowest BCUT2D eigenvalue weighted by Crippen LogP contribution is -1.89. The molecule has 0 saturated heterocycles. The number of hydrogen-bond donors (Lipinski definition) is 0. The molecule has 0 saturated carbocycles. The van der Waals surface area contributed by atoms with Gasteiger partial charge in [-0.25, -0.2) is 4.39 Å². The van der Waals surface area contributed by atoms with E-state index in [0.717, 1.165) is 0 Å². The predicted molar refractivity (Wildman–Crippen MR) is 61.6 cm³/mol. The monoisotopic (exact) mass is 231 g/mol. The maximum atomic E-state index is 13.7. The Hall–Kier alpha value is -1.85. The fourth-order valence-corrected chi connectivity index (χ4v) is 1.74. The first-order chi connectivity index (χ1) is 7.72. The van der Waals surface area contributed by atoms with E-state index < -0.39 is 5.82 Å². The van der Waals surface area contributed by atoms with Crippen molar-refractivity contribution in [2.75, 3.05) is 0 Å². The second kappa shape index (κ2) is 4.34. The maximum absolute atomic E-state index is 13.7. The van der Waals surface area contributed by atoms with E-state index in [2.05, 4.69) is 0 Å². The quantitative estimate of drug-likeness (QED) is 0.727. The van der Waals surface area contributed by atoms with Crippen molar-refractivity contribution in [1.29, 1.82) is 5.26 Å². The van der Waals surface area contributed by atoms with E-state index in [1.807, 2.05) is 6.07 Å². The molecule has 0 aliphatic carbocycles. The van der Waals surface area contributed by atoms with Crippen molar-refractivity contribution in [3.63, 3.8) is 0 Å². The van der Waals surface area contributed by atoms with Crippen LogP contribution in [0, 0.1) is 17.1 Å². The Morgan fingerprint density at radius 3 is 2.56 bits per heavy atom. The SMILES string of the molecule is N#Cc1cccc(F)c1-c1cccc(Cl)c1. The Morgan fingerprint density at radius 2 is 1.88 bits per heavy atom. The summed E-state index contributed by atoms with van der Waals surface area (Å²) in [5.74, 6) is -0.415. The van der Waals surface area contributed by atoms with Gasteiger partial charge in [-0.2, -0.15) is 5.26 Å². The lowest BCUT2D eigenvalue weighted by atomic mass is 10.00. The van der Waals surface area contributed by atoms with Crippen LogP contribution in [-0.4, -0.2) is 0 Å². The van der Waals surface area contributed by atoms with E-state index in [1.165, 1.54) is 12.1 Å². The van der Waals surface area contributed by atoms with Gasteiger partial charge in [0, 0.05) is 10.6 Å². The minimum atomic E-state index is -0.415. The Bertz CT molecular complexity index is 572. The molecule has 3 heteroatoms. The van der Waals surface area contributed by atoms with Crippen LogP contribution in [0.5, 0.6) is 0 Å². The highest BCUT2D eigenvalue weighted by molar-refractivity contribution is 6.30. The molecule has 2 aromatic rings. The summed E-state index contributed by atoms with van der Waals surface area (Å²) in [6, 6.07) is 13.2. The Morgan fingerprint density at radius 1 is 1.12 bits per heavy atom. The highest BCUT2D eigenvalue weighted by Crippen LogP contribution is 2.28. The van der Waals surface area contributed by atoms with Gasteiger partial charge in [0.15, 0.2) is 0 Å². The van der Waals surface area contributed by atoms with E-state index in [1.54, 1.807) is 30.3 Å². The van der Waals surface area contributed by atoms with Gasteiger partial charge >= 0.3 is 0 Å². The summed E-state index contributed by atoms with van der Waals surface area (Å²) < 4.78 is 13.7. The first kappa shape index (κ1) is 10.7. The minimum absolute atomic E-state index is 0.299. The normalized spacial score (nSPS) is 9.81. The number of benzene rings is 2. The Labute approximate surface area is 97.7 Å². The van der Waals surface area contributed by atoms with Gasteiger partial charge in [0.2, 0.25) is 0 Å². The molecule has 0 unspecified atom stereocenters. The van der Waals surface area contributed by atoms with Crippen molar-refractivity contribution < 1.29 is 4.39 Å². The molecule has 0 heterocycles. The largest absolute Gasteiger partial charge is 0.206 e. The van der Waals surface area contributed by atoms with Crippen LogP contribution in [0.15, 0.2) is 42.5 Å². The fourth-order valence-electron chi connectivity index (χ4n) is 1.55. The summed E-state index contributed by atoms with van der Waals surface area (Å²) in [6.45, 7) is 0. The van der Waals surface area contributed by atoms with Gasteiger partial charge in [0.1, 0.15) is 5.82 Å². The van der Waals surface area contributed by atoms with Crippen LogP contribution >= 0.6 is 11.6 Å². The minimum Gasteiger partial charge on any atom is -0.206 e. The van der Waals surface area contributed by atoms with E-state index in [0.29, 0.717) is 21.7 Å². The molecule has 0 radical (unpaired) electrons. The summed E-state index contributed by atoms with van der Waals surface area (Å²) in [5.41, 5.74) is 1.22. The molecule has 0 aromatic heterocycles. The zero-order chi connectivity index (χ0) is 11.5. The van der Waals surface area contributed by atoms with E-state index >= 15 is 0 Å².